The first-order valence-electron chi connectivity index (χ1n) is 8.04. The zero-order valence-electron chi connectivity index (χ0n) is 14.0. The molecule has 1 rings (SSSR count). The minimum atomic E-state index is -0.157. The fourth-order valence-corrected chi connectivity index (χ4v) is 1.88. The zero-order valence-corrected chi connectivity index (χ0v) is 14.0. The molecular weight excluding hydrogens is 294 g/mol. The normalized spacial score (nSPS) is 11.0. The Morgan fingerprint density at radius 1 is 1.13 bits per heavy atom. The number of benzene rings is 1. The van der Waals surface area contributed by atoms with Crippen LogP contribution in [0, 0.1) is 0 Å². The van der Waals surface area contributed by atoms with Gasteiger partial charge in [0.2, 0.25) is 0 Å². The molecule has 128 valence electrons. The number of carbonyl (C=O) groups excluding carboxylic acids is 1. The van der Waals surface area contributed by atoms with Gasteiger partial charge in [0.1, 0.15) is 5.75 Å². The number of guanidine groups is 1. The van der Waals surface area contributed by atoms with Gasteiger partial charge in [-0.05, 0) is 31.9 Å². The van der Waals surface area contributed by atoms with Crippen molar-refractivity contribution >= 4 is 11.9 Å². The molecule has 6 nitrogen and oxygen atoms in total. The Morgan fingerprint density at radius 2 is 1.83 bits per heavy atom. The van der Waals surface area contributed by atoms with Crippen LogP contribution in [0.1, 0.15) is 26.2 Å². The number of hydrogen-bond acceptors (Lipinski definition) is 4. The Bertz CT molecular complexity index is 463. The fraction of sp³-hybridized carbons (Fsp3) is 0.529. The molecule has 0 unspecified atom stereocenters. The van der Waals surface area contributed by atoms with E-state index in [1.165, 1.54) is 0 Å². The highest BCUT2D eigenvalue weighted by molar-refractivity contribution is 5.79. The Kier molecular flexibility index (Phi) is 10.1. The van der Waals surface area contributed by atoms with Gasteiger partial charge in [-0.3, -0.25) is 9.79 Å². The van der Waals surface area contributed by atoms with Gasteiger partial charge < -0.3 is 20.1 Å². The van der Waals surface area contributed by atoms with Crippen LogP contribution < -0.4 is 15.4 Å². The number of aliphatic imine (C=N–C) groups is 1. The van der Waals surface area contributed by atoms with Crippen molar-refractivity contribution in [3.8, 4) is 5.75 Å². The summed E-state index contributed by atoms with van der Waals surface area (Å²) < 4.78 is 10.5. The van der Waals surface area contributed by atoms with E-state index >= 15 is 0 Å². The number of nitrogens with one attached hydrogen (secondary N) is 2. The summed E-state index contributed by atoms with van der Waals surface area (Å²) in [6.07, 6.45) is 2.01. The third kappa shape index (κ3) is 9.39. The molecule has 0 aromatic heterocycles. The van der Waals surface area contributed by atoms with Crippen LogP contribution >= 0.6 is 0 Å². The molecule has 0 amide bonds. The molecule has 0 aliphatic heterocycles. The van der Waals surface area contributed by atoms with E-state index in [2.05, 4.69) is 15.6 Å². The van der Waals surface area contributed by atoms with Crippen molar-refractivity contribution in [2.24, 2.45) is 4.99 Å². The van der Waals surface area contributed by atoms with Crippen LogP contribution in [-0.2, 0) is 9.53 Å². The summed E-state index contributed by atoms with van der Waals surface area (Å²) in [6, 6.07) is 9.76. The largest absolute Gasteiger partial charge is 0.494 e. The summed E-state index contributed by atoms with van der Waals surface area (Å²) in [7, 11) is 1.72. The number of esters is 1. The van der Waals surface area contributed by atoms with E-state index in [4.69, 9.17) is 9.47 Å². The molecule has 1 aromatic rings. The van der Waals surface area contributed by atoms with Crippen LogP contribution in [0.25, 0.3) is 0 Å². The van der Waals surface area contributed by atoms with Gasteiger partial charge in [0.25, 0.3) is 0 Å². The van der Waals surface area contributed by atoms with E-state index in [1.807, 2.05) is 37.3 Å². The lowest BCUT2D eigenvalue weighted by Crippen LogP contribution is -2.38. The Labute approximate surface area is 138 Å². The maximum Gasteiger partial charge on any atom is 0.305 e. The number of para-hydroxylation sites is 1. The minimum Gasteiger partial charge on any atom is -0.494 e. The maximum atomic E-state index is 11.2. The van der Waals surface area contributed by atoms with Gasteiger partial charge in [0.05, 0.1) is 13.2 Å². The van der Waals surface area contributed by atoms with Crippen molar-refractivity contribution in [2.75, 3.05) is 33.4 Å². The molecule has 0 saturated heterocycles. The van der Waals surface area contributed by atoms with E-state index in [0.29, 0.717) is 26.2 Å². The predicted molar refractivity (Wildman–Crippen MR) is 91.8 cm³/mol. The van der Waals surface area contributed by atoms with E-state index < -0.39 is 0 Å². The van der Waals surface area contributed by atoms with E-state index in [1.54, 1.807) is 7.05 Å². The van der Waals surface area contributed by atoms with Crippen molar-refractivity contribution in [3.63, 3.8) is 0 Å². The maximum absolute atomic E-state index is 11.2. The van der Waals surface area contributed by atoms with Crippen LogP contribution in [-0.4, -0.2) is 45.3 Å². The molecule has 0 aliphatic rings. The molecule has 0 aliphatic carbocycles. The summed E-state index contributed by atoms with van der Waals surface area (Å²) in [4.78, 5) is 15.3. The number of rotatable bonds is 10. The summed E-state index contributed by atoms with van der Waals surface area (Å²) >= 11 is 0. The lowest BCUT2D eigenvalue weighted by molar-refractivity contribution is -0.143. The molecular formula is C17H27N3O3. The molecule has 1 aromatic carbocycles. The van der Waals surface area contributed by atoms with Gasteiger partial charge in [-0.1, -0.05) is 18.2 Å². The van der Waals surface area contributed by atoms with E-state index in [-0.39, 0.29) is 5.97 Å². The van der Waals surface area contributed by atoms with Crippen molar-refractivity contribution in [3.05, 3.63) is 30.3 Å². The molecule has 0 saturated carbocycles. The second-order valence-electron chi connectivity index (χ2n) is 4.85. The highest BCUT2D eigenvalue weighted by Crippen LogP contribution is 2.07. The third-order valence-corrected chi connectivity index (χ3v) is 3.00. The lowest BCUT2D eigenvalue weighted by Gasteiger charge is -2.12. The molecule has 23 heavy (non-hydrogen) atoms. The molecule has 2 N–H and O–H groups in total. The van der Waals surface area contributed by atoms with Crippen LogP contribution in [0.2, 0.25) is 0 Å². The second-order valence-corrected chi connectivity index (χ2v) is 4.85. The predicted octanol–water partition coefficient (Wildman–Crippen LogP) is 1.96. The topological polar surface area (TPSA) is 72.0 Å². The van der Waals surface area contributed by atoms with Gasteiger partial charge in [0.15, 0.2) is 5.96 Å². The highest BCUT2D eigenvalue weighted by Gasteiger charge is 2.02. The molecule has 0 heterocycles. The number of carbonyl (C=O) groups is 1. The third-order valence-electron chi connectivity index (χ3n) is 3.00. The molecule has 6 heteroatoms. The SMILES string of the molecule is CCOC(=O)CCCNC(=NC)NCCCOc1ccccc1. The van der Waals surface area contributed by atoms with Crippen LogP contribution in [0.4, 0.5) is 0 Å². The van der Waals surface area contributed by atoms with Crippen molar-refractivity contribution in [2.45, 2.75) is 26.2 Å². The fourth-order valence-electron chi connectivity index (χ4n) is 1.88. The van der Waals surface area contributed by atoms with Crippen molar-refractivity contribution in [1.82, 2.24) is 10.6 Å². The molecule has 0 radical (unpaired) electrons. The highest BCUT2D eigenvalue weighted by atomic mass is 16.5. The standard InChI is InChI=1S/C17H27N3O3/c1-3-22-16(21)11-7-12-19-17(18-2)20-13-8-14-23-15-9-5-4-6-10-15/h4-6,9-10H,3,7-8,11-14H2,1-2H3,(H2,18,19,20). The first kappa shape index (κ1) is 18.8. The Morgan fingerprint density at radius 3 is 2.48 bits per heavy atom. The summed E-state index contributed by atoms with van der Waals surface area (Å²) in [5.74, 6) is 1.46. The molecule has 0 atom stereocenters. The lowest BCUT2D eigenvalue weighted by atomic mass is 10.3. The van der Waals surface area contributed by atoms with Gasteiger partial charge in [-0.15, -0.1) is 0 Å². The van der Waals surface area contributed by atoms with Crippen molar-refractivity contribution < 1.29 is 14.3 Å². The molecule has 0 fully saturated rings. The first-order valence-corrected chi connectivity index (χ1v) is 8.04. The summed E-state index contributed by atoms with van der Waals surface area (Å²) in [6.45, 7) is 4.34. The average Bonchev–Trinajstić information content (AvgIpc) is 2.57. The van der Waals surface area contributed by atoms with E-state index in [9.17, 15) is 4.79 Å². The van der Waals surface area contributed by atoms with Crippen LogP contribution in [0.5, 0.6) is 5.75 Å². The summed E-state index contributed by atoms with van der Waals surface area (Å²) in [5, 5.41) is 6.38. The van der Waals surface area contributed by atoms with Crippen LogP contribution in [0.15, 0.2) is 35.3 Å². The number of hydrogen-bond donors (Lipinski definition) is 2. The van der Waals surface area contributed by atoms with Crippen LogP contribution in [0.3, 0.4) is 0 Å². The van der Waals surface area contributed by atoms with Gasteiger partial charge in [0, 0.05) is 26.6 Å². The molecule has 0 bridgehead atoms. The average molecular weight is 321 g/mol. The smallest absolute Gasteiger partial charge is 0.305 e. The van der Waals surface area contributed by atoms with Crippen molar-refractivity contribution in [1.29, 1.82) is 0 Å². The Hall–Kier alpha value is -2.24. The Balaban J connectivity index is 2.04. The van der Waals surface area contributed by atoms with Gasteiger partial charge in [-0.25, -0.2) is 0 Å². The minimum absolute atomic E-state index is 0.157. The zero-order chi connectivity index (χ0) is 16.8. The van der Waals surface area contributed by atoms with Gasteiger partial charge in [-0.2, -0.15) is 0 Å². The van der Waals surface area contributed by atoms with Gasteiger partial charge >= 0.3 is 5.97 Å². The summed E-state index contributed by atoms with van der Waals surface area (Å²) in [5.41, 5.74) is 0. The first-order chi connectivity index (χ1) is 11.3. The monoisotopic (exact) mass is 321 g/mol. The van der Waals surface area contributed by atoms with E-state index in [0.717, 1.165) is 31.1 Å². The second kappa shape index (κ2) is 12.3. The quantitative estimate of drug-likeness (QED) is 0.298. The molecule has 0 spiro atoms. The number of nitrogens with zero attached hydrogens (tertiary/aromatic N) is 1. The number of ether oxygens (including phenoxy) is 2.